The van der Waals surface area contributed by atoms with E-state index in [1.165, 1.54) is 0 Å². The van der Waals surface area contributed by atoms with Crippen LogP contribution >= 0.6 is 0 Å². The highest BCUT2D eigenvalue weighted by atomic mass is 16.2. The monoisotopic (exact) mass is 286 g/mol. The molecule has 0 radical (unpaired) electrons. The van der Waals surface area contributed by atoms with Gasteiger partial charge in [-0.1, -0.05) is 0 Å². The molecule has 0 spiro atoms. The van der Waals surface area contributed by atoms with E-state index >= 15 is 0 Å². The molecule has 1 saturated heterocycles. The number of hydrogen-bond donors (Lipinski definition) is 0. The fraction of sp³-hybridized carbons (Fsp3) is 0.429. The van der Waals surface area contributed by atoms with E-state index in [9.17, 15) is 4.79 Å². The van der Waals surface area contributed by atoms with Gasteiger partial charge in [-0.3, -0.25) is 4.79 Å². The number of aromatic nitrogens is 4. The van der Waals surface area contributed by atoms with E-state index in [0.717, 1.165) is 37.7 Å². The molecule has 2 aromatic heterocycles. The average Bonchev–Trinajstić information content (AvgIpc) is 2.94. The molecule has 0 bridgehead atoms. The maximum absolute atomic E-state index is 11.3. The molecular formula is C14H18N6O. The van der Waals surface area contributed by atoms with E-state index in [4.69, 9.17) is 0 Å². The smallest absolute Gasteiger partial charge is 0.219 e. The van der Waals surface area contributed by atoms with E-state index in [2.05, 4.69) is 20.2 Å². The molecule has 0 aliphatic carbocycles. The molecule has 0 atom stereocenters. The summed E-state index contributed by atoms with van der Waals surface area (Å²) < 4.78 is 1.71. The lowest BCUT2D eigenvalue weighted by Crippen LogP contribution is -2.48. The molecule has 0 aromatic carbocycles. The largest absolute Gasteiger partial charge is 0.352 e. The van der Waals surface area contributed by atoms with Crippen molar-refractivity contribution in [2.24, 2.45) is 0 Å². The Hall–Kier alpha value is -2.44. The van der Waals surface area contributed by atoms with Gasteiger partial charge in [0.2, 0.25) is 5.91 Å². The Balaban J connectivity index is 1.69. The number of nitrogens with zero attached hydrogens (tertiary/aromatic N) is 6. The third-order valence-electron chi connectivity index (χ3n) is 3.64. The Bertz CT molecular complexity index is 627. The number of anilines is 1. The van der Waals surface area contributed by atoms with Gasteiger partial charge >= 0.3 is 0 Å². The molecule has 7 nitrogen and oxygen atoms in total. The summed E-state index contributed by atoms with van der Waals surface area (Å²) in [7, 11) is 0. The van der Waals surface area contributed by atoms with Crippen molar-refractivity contribution in [3.63, 3.8) is 0 Å². The van der Waals surface area contributed by atoms with E-state index in [-0.39, 0.29) is 5.91 Å². The topological polar surface area (TPSA) is 67.2 Å². The molecule has 0 unspecified atom stereocenters. The summed E-state index contributed by atoms with van der Waals surface area (Å²) in [5.74, 6) is 1.67. The number of hydrogen-bond acceptors (Lipinski definition) is 5. The van der Waals surface area contributed by atoms with Crippen LogP contribution in [0.4, 0.5) is 5.82 Å². The summed E-state index contributed by atoms with van der Waals surface area (Å²) in [5, 5.41) is 12.8. The first-order valence-electron chi connectivity index (χ1n) is 7.00. The Morgan fingerprint density at radius 2 is 1.71 bits per heavy atom. The third-order valence-corrected chi connectivity index (χ3v) is 3.64. The number of amides is 1. The highest BCUT2D eigenvalue weighted by molar-refractivity contribution is 5.73. The van der Waals surface area contributed by atoms with Crippen LogP contribution in [0.15, 0.2) is 24.4 Å². The summed E-state index contributed by atoms with van der Waals surface area (Å²) >= 11 is 0. The van der Waals surface area contributed by atoms with Crippen molar-refractivity contribution in [1.82, 2.24) is 24.9 Å². The minimum absolute atomic E-state index is 0.130. The third kappa shape index (κ3) is 2.86. The zero-order valence-corrected chi connectivity index (χ0v) is 12.2. The molecule has 1 amide bonds. The van der Waals surface area contributed by atoms with Crippen LogP contribution in [-0.2, 0) is 4.79 Å². The van der Waals surface area contributed by atoms with Crippen LogP contribution in [0.3, 0.4) is 0 Å². The molecule has 7 heteroatoms. The fourth-order valence-electron chi connectivity index (χ4n) is 2.40. The maximum Gasteiger partial charge on any atom is 0.219 e. The first kappa shape index (κ1) is 13.5. The predicted octanol–water partition coefficient (Wildman–Crippen LogP) is 0.639. The fourth-order valence-corrected chi connectivity index (χ4v) is 2.40. The van der Waals surface area contributed by atoms with Gasteiger partial charge in [0.25, 0.3) is 0 Å². The van der Waals surface area contributed by atoms with Crippen molar-refractivity contribution in [3.05, 3.63) is 30.1 Å². The Kier molecular flexibility index (Phi) is 3.55. The summed E-state index contributed by atoms with van der Waals surface area (Å²) in [6.07, 6.45) is 1.87. The van der Waals surface area contributed by atoms with Crippen LogP contribution in [0.1, 0.15) is 12.6 Å². The molecule has 1 fully saturated rings. The van der Waals surface area contributed by atoms with Crippen LogP contribution in [0, 0.1) is 6.92 Å². The summed E-state index contributed by atoms with van der Waals surface area (Å²) in [5.41, 5.74) is 0.946. The van der Waals surface area contributed by atoms with Gasteiger partial charge in [-0.2, -0.15) is 5.10 Å². The Labute approximate surface area is 123 Å². The second-order valence-electron chi connectivity index (χ2n) is 5.14. The number of carbonyl (C=O) groups is 1. The summed E-state index contributed by atoms with van der Waals surface area (Å²) in [6.45, 7) is 6.58. The number of rotatable bonds is 2. The van der Waals surface area contributed by atoms with Crippen LogP contribution in [0.5, 0.6) is 0 Å². The SMILES string of the molecule is CC(=O)N1CCN(c2ccc(-n3ccc(C)n3)nn2)CC1. The second kappa shape index (κ2) is 5.51. The van der Waals surface area contributed by atoms with Crippen molar-refractivity contribution in [3.8, 4) is 5.82 Å². The molecule has 21 heavy (non-hydrogen) atoms. The van der Waals surface area contributed by atoms with Gasteiger partial charge in [0.1, 0.15) is 0 Å². The van der Waals surface area contributed by atoms with Crippen molar-refractivity contribution in [2.45, 2.75) is 13.8 Å². The van der Waals surface area contributed by atoms with Gasteiger partial charge in [-0.15, -0.1) is 10.2 Å². The van der Waals surface area contributed by atoms with E-state index in [1.54, 1.807) is 11.6 Å². The molecule has 110 valence electrons. The number of carbonyl (C=O) groups excluding carboxylic acids is 1. The first-order valence-corrected chi connectivity index (χ1v) is 7.00. The van der Waals surface area contributed by atoms with Gasteiger partial charge in [0.15, 0.2) is 11.6 Å². The zero-order chi connectivity index (χ0) is 14.8. The Morgan fingerprint density at radius 1 is 1.05 bits per heavy atom. The van der Waals surface area contributed by atoms with Gasteiger partial charge < -0.3 is 9.80 Å². The second-order valence-corrected chi connectivity index (χ2v) is 5.14. The van der Waals surface area contributed by atoms with E-state index in [1.807, 2.05) is 36.2 Å². The van der Waals surface area contributed by atoms with Crippen LogP contribution in [0.2, 0.25) is 0 Å². The maximum atomic E-state index is 11.3. The first-order chi connectivity index (χ1) is 10.1. The lowest BCUT2D eigenvalue weighted by atomic mass is 10.3. The van der Waals surface area contributed by atoms with Gasteiger partial charge in [0.05, 0.1) is 5.69 Å². The zero-order valence-electron chi connectivity index (χ0n) is 12.2. The van der Waals surface area contributed by atoms with Gasteiger partial charge in [-0.25, -0.2) is 4.68 Å². The van der Waals surface area contributed by atoms with Crippen molar-refractivity contribution in [2.75, 3.05) is 31.1 Å². The standard InChI is InChI=1S/C14H18N6O/c1-11-5-6-20(17-11)14-4-3-13(15-16-14)19-9-7-18(8-10-19)12(2)21/h3-6H,7-10H2,1-2H3. The van der Waals surface area contributed by atoms with Gasteiger partial charge in [0, 0.05) is 39.3 Å². The highest BCUT2D eigenvalue weighted by Crippen LogP contribution is 2.14. The quantitative estimate of drug-likeness (QED) is 0.810. The highest BCUT2D eigenvalue weighted by Gasteiger charge is 2.19. The average molecular weight is 286 g/mol. The predicted molar refractivity (Wildman–Crippen MR) is 78.4 cm³/mol. The van der Waals surface area contributed by atoms with Gasteiger partial charge in [-0.05, 0) is 25.1 Å². The molecule has 3 rings (SSSR count). The summed E-state index contributed by atoms with van der Waals surface area (Å²) in [6, 6.07) is 5.78. The minimum atomic E-state index is 0.130. The van der Waals surface area contributed by atoms with Crippen LogP contribution in [0.25, 0.3) is 5.82 Å². The molecule has 2 aromatic rings. The lowest BCUT2D eigenvalue weighted by Gasteiger charge is -2.34. The van der Waals surface area contributed by atoms with Crippen LogP contribution < -0.4 is 4.90 Å². The molecular weight excluding hydrogens is 268 g/mol. The number of piperazine rings is 1. The molecule has 1 aliphatic rings. The van der Waals surface area contributed by atoms with Crippen molar-refractivity contribution >= 4 is 11.7 Å². The molecule has 1 aliphatic heterocycles. The molecule has 3 heterocycles. The van der Waals surface area contributed by atoms with E-state index < -0.39 is 0 Å². The van der Waals surface area contributed by atoms with Crippen LogP contribution in [-0.4, -0.2) is 57.0 Å². The van der Waals surface area contributed by atoms with E-state index in [0.29, 0.717) is 5.82 Å². The molecule has 0 N–H and O–H groups in total. The van der Waals surface area contributed by atoms with Crippen molar-refractivity contribution < 1.29 is 4.79 Å². The lowest BCUT2D eigenvalue weighted by molar-refractivity contribution is -0.129. The number of aryl methyl sites for hydroxylation is 1. The van der Waals surface area contributed by atoms with Crippen molar-refractivity contribution in [1.29, 1.82) is 0 Å². The summed E-state index contributed by atoms with van der Waals surface area (Å²) in [4.78, 5) is 15.3. The minimum Gasteiger partial charge on any atom is -0.352 e. The molecule has 0 saturated carbocycles. The Morgan fingerprint density at radius 3 is 2.24 bits per heavy atom. The normalized spacial score (nSPS) is 15.3.